The normalized spacial score (nSPS) is 11.2. The molecule has 0 aliphatic heterocycles. The van der Waals surface area contributed by atoms with Crippen LogP contribution in [0.5, 0.6) is 5.75 Å². The maximum absolute atomic E-state index is 11.7. The molecule has 0 aliphatic carbocycles. The Kier molecular flexibility index (Phi) is 3.58. The van der Waals surface area contributed by atoms with E-state index in [0.29, 0.717) is 6.42 Å². The van der Waals surface area contributed by atoms with Crippen LogP contribution in [0.1, 0.15) is 32.8 Å². The van der Waals surface area contributed by atoms with Gasteiger partial charge in [-0.2, -0.15) is 0 Å². The van der Waals surface area contributed by atoms with Gasteiger partial charge in [0.15, 0.2) is 0 Å². The molecule has 0 spiro atoms. The van der Waals surface area contributed by atoms with E-state index in [2.05, 4.69) is 5.32 Å². The molecule has 0 saturated heterocycles. The minimum atomic E-state index is -0.0189. The molecule has 1 rings (SSSR count). The van der Waals surface area contributed by atoms with Crippen molar-refractivity contribution in [2.75, 3.05) is 5.32 Å². The number of phenolic OH excluding ortho intramolecular Hbond substituents is 1. The molecule has 2 N–H and O–H groups in total. The quantitative estimate of drug-likeness (QED) is 0.754. The van der Waals surface area contributed by atoms with Gasteiger partial charge >= 0.3 is 0 Å². The van der Waals surface area contributed by atoms with Crippen molar-refractivity contribution >= 4 is 11.6 Å². The Labute approximate surface area is 96.5 Å². The topological polar surface area (TPSA) is 49.3 Å². The molecule has 0 bridgehead atoms. The first-order chi connectivity index (χ1) is 7.28. The zero-order valence-corrected chi connectivity index (χ0v) is 10.3. The zero-order chi connectivity index (χ0) is 12.3. The minimum Gasteiger partial charge on any atom is -0.508 e. The molecular weight excluding hydrogens is 202 g/mol. The van der Waals surface area contributed by atoms with Gasteiger partial charge in [0.2, 0.25) is 5.91 Å². The summed E-state index contributed by atoms with van der Waals surface area (Å²) in [6.45, 7) is 7.93. The lowest BCUT2D eigenvalue weighted by molar-refractivity contribution is -0.117. The average Bonchev–Trinajstić information content (AvgIpc) is 2.06. The lowest BCUT2D eigenvalue weighted by atomic mass is 9.92. The van der Waals surface area contributed by atoms with Crippen molar-refractivity contribution in [2.24, 2.45) is 5.41 Å². The fourth-order valence-electron chi connectivity index (χ4n) is 1.46. The molecule has 16 heavy (non-hydrogen) atoms. The highest BCUT2D eigenvalue weighted by molar-refractivity contribution is 5.91. The number of amides is 1. The van der Waals surface area contributed by atoms with Crippen molar-refractivity contribution in [3.63, 3.8) is 0 Å². The molecule has 0 aliphatic rings. The molecule has 0 atom stereocenters. The van der Waals surface area contributed by atoms with Crippen LogP contribution in [0.2, 0.25) is 0 Å². The van der Waals surface area contributed by atoms with Crippen molar-refractivity contribution in [3.8, 4) is 5.75 Å². The van der Waals surface area contributed by atoms with Crippen molar-refractivity contribution in [1.29, 1.82) is 0 Å². The van der Waals surface area contributed by atoms with Crippen molar-refractivity contribution in [3.05, 3.63) is 23.8 Å². The summed E-state index contributed by atoms with van der Waals surface area (Å²) in [6, 6.07) is 4.91. The second-order valence-electron chi connectivity index (χ2n) is 5.28. The van der Waals surface area contributed by atoms with Crippen LogP contribution in [0.15, 0.2) is 18.2 Å². The van der Waals surface area contributed by atoms with E-state index in [9.17, 15) is 9.90 Å². The summed E-state index contributed by atoms with van der Waals surface area (Å²) < 4.78 is 0. The molecule has 1 aromatic carbocycles. The summed E-state index contributed by atoms with van der Waals surface area (Å²) in [4.78, 5) is 11.7. The van der Waals surface area contributed by atoms with Gasteiger partial charge in [0.25, 0.3) is 0 Å². The molecule has 3 nitrogen and oxygen atoms in total. The lowest BCUT2D eigenvalue weighted by Crippen LogP contribution is -2.20. The van der Waals surface area contributed by atoms with E-state index >= 15 is 0 Å². The Morgan fingerprint density at radius 3 is 2.50 bits per heavy atom. The monoisotopic (exact) mass is 221 g/mol. The van der Waals surface area contributed by atoms with Crippen LogP contribution in [-0.4, -0.2) is 11.0 Å². The van der Waals surface area contributed by atoms with E-state index in [1.54, 1.807) is 18.2 Å². The standard InChI is InChI=1S/C13H19NO2/c1-9-7-10(15)5-6-11(9)14-12(16)8-13(2,3)4/h5-7,15H,8H2,1-4H3,(H,14,16). The lowest BCUT2D eigenvalue weighted by Gasteiger charge is -2.17. The Balaban J connectivity index is 2.70. The van der Waals surface area contributed by atoms with Gasteiger partial charge in [0.1, 0.15) is 5.75 Å². The van der Waals surface area contributed by atoms with Crippen LogP contribution < -0.4 is 5.32 Å². The van der Waals surface area contributed by atoms with E-state index in [1.807, 2.05) is 27.7 Å². The molecule has 0 unspecified atom stereocenters. The SMILES string of the molecule is Cc1cc(O)ccc1NC(=O)CC(C)(C)C. The summed E-state index contributed by atoms with van der Waals surface area (Å²) in [5, 5.41) is 12.1. The second-order valence-corrected chi connectivity index (χ2v) is 5.28. The molecule has 1 amide bonds. The number of carbonyl (C=O) groups excluding carboxylic acids is 1. The largest absolute Gasteiger partial charge is 0.508 e. The van der Waals surface area contributed by atoms with Gasteiger partial charge in [-0.3, -0.25) is 4.79 Å². The number of carbonyl (C=O) groups is 1. The number of aromatic hydroxyl groups is 1. The summed E-state index contributed by atoms with van der Waals surface area (Å²) in [5.74, 6) is 0.215. The molecule has 88 valence electrons. The number of hydrogen-bond donors (Lipinski definition) is 2. The van der Waals surface area contributed by atoms with Gasteiger partial charge in [0, 0.05) is 12.1 Å². The van der Waals surface area contributed by atoms with E-state index < -0.39 is 0 Å². The van der Waals surface area contributed by atoms with Gasteiger partial charge in [0.05, 0.1) is 0 Å². The summed E-state index contributed by atoms with van der Waals surface area (Å²) in [5.41, 5.74) is 1.60. The van der Waals surface area contributed by atoms with Crippen LogP contribution >= 0.6 is 0 Å². The number of nitrogens with one attached hydrogen (secondary N) is 1. The van der Waals surface area contributed by atoms with Crippen molar-refractivity contribution in [1.82, 2.24) is 0 Å². The maximum Gasteiger partial charge on any atom is 0.224 e. The van der Waals surface area contributed by atoms with Crippen molar-refractivity contribution in [2.45, 2.75) is 34.1 Å². The van der Waals surface area contributed by atoms with Crippen LogP contribution in [0.4, 0.5) is 5.69 Å². The molecular formula is C13H19NO2. The maximum atomic E-state index is 11.7. The van der Waals surface area contributed by atoms with Crippen LogP contribution in [0, 0.1) is 12.3 Å². The van der Waals surface area contributed by atoms with Gasteiger partial charge in [-0.05, 0) is 36.1 Å². The van der Waals surface area contributed by atoms with Crippen LogP contribution in [-0.2, 0) is 4.79 Å². The second kappa shape index (κ2) is 4.56. The van der Waals surface area contributed by atoms with E-state index in [-0.39, 0.29) is 17.1 Å². The Morgan fingerprint density at radius 2 is 2.00 bits per heavy atom. The third-order valence-electron chi connectivity index (χ3n) is 2.17. The van der Waals surface area contributed by atoms with Crippen molar-refractivity contribution < 1.29 is 9.90 Å². The Bertz CT molecular complexity index is 391. The number of aryl methyl sites for hydroxylation is 1. The Hall–Kier alpha value is -1.51. The summed E-state index contributed by atoms with van der Waals surface area (Å²) >= 11 is 0. The summed E-state index contributed by atoms with van der Waals surface area (Å²) in [7, 11) is 0. The van der Waals surface area contributed by atoms with E-state index in [1.165, 1.54) is 0 Å². The third-order valence-corrected chi connectivity index (χ3v) is 2.17. The predicted molar refractivity (Wildman–Crippen MR) is 65.5 cm³/mol. The summed E-state index contributed by atoms with van der Waals surface area (Å²) in [6.07, 6.45) is 0.479. The molecule has 0 radical (unpaired) electrons. The first-order valence-corrected chi connectivity index (χ1v) is 5.37. The minimum absolute atomic E-state index is 0.00119. The fourth-order valence-corrected chi connectivity index (χ4v) is 1.46. The molecule has 3 heteroatoms. The number of hydrogen-bond acceptors (Lipinski definition) is 2. The van der Waals surface area contributed by atoms with Crippen LogP contribution in [0.25, 0.3) is 0 Å². The Morgan fingerprint density at radius 1 is 1.38 bits per heavy atom. The average molecular weight is 221 g/mol. The molecule has 0 saturated carbocycles. The van der Waals surface area contributed by atoms with Gasteiger partial charge in [-0.1, -0.05) is 20.8 Å². The van der Waals surface area contributed by atoms with E-state index in [4.69, 9.17) is 0 Å². The van der Waals surface area contributed by atoms with Gasteiger partial charge in [-0.25, -0.2) is 0 Å². The van der Waals surface area contributed by atoms with E-state index in [0.717, 1.165) is 11.3 Å². The third kappa shape index (κ3) is 3.93. The zero-order valence-electron chi connectivity index (χ0n) is 10.3. The number of rotatable bonds is 2. The highest BCUT2D eigenvalue weighted by atomic mass is 16.3. The first-order valence-electron chi connectivity index (χ1n) is 5.37. The molecule has 1 aromatic rings. The first kappa shape index (κ1) is 12.6. The molecule has 0 fully saturated rings. The highest BCUT2D eigenvalue weighted by Crippen LogP contribution is 2.23. The van der Waals surface area contributed by atoms with Gasteiger partial charge in [-0.15, -0.1) is 0 Å². The smallest absolute Gasteiger partial charge is 0.224 e. The number of phenols is 1. The fraction of sp³-hybridized carbons (Fsp3) is 0.462. The number of benzene rings is 1. The van der Waals surface area contributed by atoms with Gasteiger partial charge < -0.3 is 10.4 Å². The molecule has 0 aromatic heterocycles. The highest BCUT2D eigenvalue weighted by Gasteiger charge is 2.16. The molecule has 0 heterocycles. The predicted octanol–water partition coefficient (Wildman–Crippen LogP) is 3.08. The number of anilines is 1. The van der Waals surface area contributed by atoms with Crippen LogP contribution in [0.3, 0.4) is 0 Å².